The topological polar surface area (TPSA) is 116 Å². The number of carbonyl (C=O) groups excluding carboxylic acids is 1. The van der Waals surface area contributed by atoms with Crippen LogP contribution in [0.1, 0.15) is 42.7 Å². The molecule has 5 rings (SSSR count). The van der Waals surface area contributed by atoms with Crippen molar-refractivity contribution in [2.24, 2.45) is 0 Å². The van der Waals surface area contributed by atoms with Gasteiger partial charge in [-0.15, -0.1) is 21.5 Å². The number of anilines is 2. The van der Waals surface area contributed by atoms with E-state index < -0.39 is 12.0 Å². The minimum atomic E-state index is -4.56. The van der Waals surface area contributed by atoms with Gasteiger partial charge < -0.3 is 19.7 Å². The smallest absolute Gasteiger partial charge is 0.351 e. The average Bonchev–Trinajstić information content (AvgIpc) is 3.55. The van der Waals surface area contributed by atoms with E-state index in [1.807, 2.05) is 15.9 Å². The predicted molar refractivity (Wildman–Crippen MR) is 126 cm³/mol. The van der Waals surface area contributed by atoms with Crippen LogP contribution >= 0.6 is 11.3 Å². The van der Waals surface area contributed by atoms with E-state index >= 15 is 0 Å². The van der Waals surface area contributed by atoms with Crippen molar-refractivity contribution in [2.45, 2.75) is 57.9 Å². The molecule has 1 N–H and O–H groups in total. The van der Waals surface area contributed by atoms with Gasteiger partial charge >= 0.3 is 6.18 Å². The number of nitrogens with one attached hydrogen (secondary N) is 1. The van der Waals surface area contributed by atoms with Crippen molar-refractivity contribution in [3.05, 3.63) is 22.6 Å². The number of aromatic nitrogens is 5. The first-order valence-electron chi connectivity index (χ1n) is 11.7. The van der Waals surface area contributed by atoms with Crippen molar-refractivity contribution in [1.29, 1.82) is 5.26 Å². The van der Waals surface area contributed by atoms with Gasteiger partial charge in [0, 0.05) is 37.1 Å². The number of alkyl halides is 3. The largest absolute Gasteiger partial charge is 0.451 e. The van der Waals surface area contributed by atoms with Gasteiger partial charge in [-0.2, -0.15) is 23.4 Å². The van der Waals surface area contributed by atoms with Crippen LogP contribution in [0.4, 0.5) is 24.9 Å². The Morgan fingerprint density at radius 2 is 2.08 bits per heavy atom. The number of nitriles is 1. The van der Waals surface area contributed by atoms with Crippen LogP contribution in [0.2, 0.25) is 0 Å². The lowest BCUT2D eigenvalue weighted by molar-refractivity contribution is -0.147. The van der Waals surface area contributed by atoms with Gasteiger partial charge in [-0.1, -0.05) is 13.3 Å². The van der Waals surface area contributed by atoms with E-state index in [1.54, 1.807) is 11.3 Å². The molecule has 0 saturated carbocycles. The van der Waals surface area contributed by atoms with Gasteiger partial charge in [0.2, 0.25) is 17.7 Å². The van der Waals surface area contributed by atoms with Gasteiger partial charge in [0.05, 0.1) is 18.0 Å². The van der Waals surface area contributed by atoms with E-state index in [0.717, 1.165) is 27.6 Å². The second-order valence-electron chi connectivity index (χ2n) is 8.87. The fourth-order valence-corrected chi connectivity index (χ4v) is 5.77. The molecule has 10 nitrogen and oxygen atoms in total. The van der Waals surface area contributed by atoms with Gasteiger partial charge in [0.15, 0.2) is 5.82 Å². The van der Waals surface area contributed by atoms with Gasteiger partial charge in [-0.05, 0) is 18.9 Å². The number of fused-ring (bicyclic) bond motifs is 2. The molecule has 1 saturated heterocycles. The first kappa shape index (κ1) is 24.2. The molecule has 0 radical (unpaired) electrons. The predicted octanol–water partition coefficient (Wildman–Crippen LogP) is 2.88. The number of aryl methyl sites for hydroxylation is 1. The van der Waals surface area contributed by atoms with Crippen LogP contribution in [-0.2, 0) is 30.5 Å². The number of halogens is 3. The fraction of sp³-hybridized carbons (Fsp3) is 0.545. The lowest BCUT2D eigenvalue weighted by atomic mass is 10.2. The summed E-state index contributed by atoms with van der Waals surface area (Å²) in [4.78, 5) is 27.4. The van der Waals surface area contributed by atoms with Crippen molar-refractivity contribution in [2.75, 3.05) is 29.4 Å². The number of thiophene rings is 1. The standard InChI is InChI=1S/C22H24F3N9OS/c1-2-3-14-10-15-18(32-8-9-34-16(12-32)30-31-20(34)22(23,24)25)28-21(29-19(15)36-14)33-7-5-13(11-33)27-17(35)4-6-26/h10,13H,2-5,7-9,11-12H2,1H3,(H,27,35)/t13-/m0/s1. The molecule has 190 valence electrons. The zero-order valence-electron chi connectivity index (χ0n) is 19.5. The Balaban J connectivity index is 1.45. The Hall–Kier alpha value is -3.47. The average molecular weight is 520 g/mol. The lowest BCUT2D eigenvalue weighted by Crippen LogP contribution is -2.37. The summed E-state index contributed by atoms with van der Waals surface area (Å²) in [6, 6.07) is 3.81. The van der Waals surface area contributed by atoms with Crippen LogP contribution < -0.4 is 15.1 Å². The highest BCUT2D eigenvalue weighted by Crippen LogP contribution is 2.36. The Bertz CT molecular complexity index is 1330. The number of rotatable bonds is 6. The van der Waals surface area contributed by atoms with Crippen LogP contribution in [0.3, 0.4) is 0 Å². The van der Waals surface area contributed by atoms with E-state index in [4.69, 9.17) is 15.2 Å². The normalized spacial score (nSPS) is 17.9. The number of nitrogens with zero attached hydrogens (tertiary/aromatic N) is 8. The molecular weight excluding hydrogens is 495 g/mol. The van der Waals surface area contributed by atoms with Crippen molar-refractivity contribution in [3.63, 3.8) is 0 Å². The second kappa shape index (κ2) is 9.53. The molecule has 0 spiro atoms. The molecule has 0 unspecified atom stereocenters. The molecule has 1 atom stereocenters. The van der Waals surface area contributed by atoms with Crippen molar-refractivity contribution >= 4 is 39.2 Å². The van der Waals surface area contributed by atoms with Crippen molar-refractivity contribution < 1.29 is 18.0 Å². The van der Waals surface area contributed by atoms with Crippen LogP contribution in [0, 0.1) is 11.3 Å². The maximum atomic E-state index is 13.3. The third-order valence-corrected chi connectivity index (χ3v) is 7.38. The molecule has 2 aliphatic heterocycles. The lowest BCUT2D eigenvalue weighted by Gasteiger charge is -2.30. The van der Waals surface area contributed by atoms with Crippen LogP contribution in [0.5, 0.6) is 0 Å². The number of hydrogen-bond donors (Lipinski definition) is 1. The highest BCUT2D eigenvalue weighted by atomic mass is 32.1. The molecule has 1 fully saturated rings. The van der Waals surface area contributed by atoms with Gasteiger partial charge in [-0.25, -0.2) is 4.98 Å². The Labute approximate surface area is 208 Å². The molecular formula is C22H24F3N9OS. The second-order valence-corrected chi connectivity index (χ2v) is 9.99. The Kier molecular flexibility index (Phi) is 6.42. The molecule has 0 bridgehead atoms. The molecule has 14 heteroatoms. The summed E-state index contributed by atoms with van der Waals surface area (Å²) >= 11 is 1.59. The summed E-state index contributed by atoms with van der Waals surface area (Å²) in [5, 5.41) is 19.6. The molecule has 2 aliphatic rings. The minimum absolute atomic E-state index is 0.0979. The number of amides is 1. The summed E-state index contributed by atoms with van der Waals surface area (Å²) in [5.41, 5.74) is 0. The third-order valence-electron chi connectivity index (χ3n) is 6.29. The summed E-state index contributed by atoms with van der Waals surface area (Å²) in [6.07, 6.45) is -2.16. The van der Waals surface area contributed by atoms with Crippen molar-refractivity contribution in [1.82, 2.24) is 30.0 Å². The molecule has 3 aromatic heterocycles. The summed E-state index contributed by atoms with van der Waals surface area (Å²) in [7, 11) is 0. The molecule has 3 aromatic rings. The number of hydrogen-bond acceptors (Lipinski definition) is 9. The van der Waals surface area contributed by atoms with Crippen molar-refractivity contribution in [3.8, 4) is 6.07 Å². The third kappa shape index (κ3) is 4.67. The first-order chi connectivity index (χ1) is 17.3. The molecule has 36 heavy (non-hydrogen) atoms. The summed E-state index contributed by atoms with van der Waals surface area (Å²) < 4.78 is 41.0. The first-order valence-corrected chi connectivity index (χ1v) is 12.5. The van der Waals surface area contributed by atoms with E-state index in [0.29, 0.717) is 37.8 Å². The molecule has 5 heterocycles. The van der Waals surface area contributed by atoms with E-state index in [1.165, 1.54) is 4.88 Å². The van der Waals surface area contributed by atoms with E-state index in [9.17, 15) is 18.0 Å². The zero-order chi connectivity index (χ0) is 25.4. The van der Waals surface area contributed by atoms with Crippen LogP contribution in [0.15, 0.2) is 6.07 Å². The van der Waals surface area contributed by atoms with Gasteiger partial charge in [0.25, 0.3) is 0 Å². The quantitative estimate of drug-likeness (QED) is 0.529. The zero-order valence-corrected chi connectivity index (χ0v) is 20.4. The van der Waals surface area contributed by atoms with Gasteiger partial charge in [-0.3, -0.25) is 4.79 Å². The molecule has 1 amide bonds. The fourth-order valence-electron chi connectivity index (χ4n) is 4.66. The van der Waals surface area contributed by atoms with E-state index in [2.05, 4.69) is 28.5 Å². The molecule has 0 aliphatic carbocycles. The SMILES string of the molecule is CCCc1cc2c(N3CCn4c(nnc4C(F)(F)F)C3)nc(N3CC[C@H](NC(=O)CC#N)C3)nc2s1. The Morgan fingerprint density at radius 3 is 2.83 bits per heavy atom. The maximum absolute atomic E-state index is 13.3. The van der Waals surface area contributed by atoms with Crippen LogP contribution in [-0.4, -0.2) is 56.3 Å². The van der Waals surface area contributed by atoms with Crippen LogP contribution in [0.25, 0.3) is 10.2 Å². The maximum Gasteiger partial charge on any atom is 0.451 e. The highest BCUT2D eigenvalue weighted by Gasteiger charge is 2.40. The highest BCUT2D eigenvalue weighted by molar-refractivity contribution is 7.18. The summed E-state index contributed by atoms with van der Waals surface area (Å²) in [5.74, 6) is 0.135. The number of carbonyl (C=O) groups is 1. The van der Waals surface area contributed by atoms with E-state index in [-0.39, 0.29) is 37.3 Å². The monoisotopic (exact) mass is 519 g/mol. The Morgan fingerprint density at radius 1 is 1.25 bits per heavy atom. The summed E-state index contributed by atoms with van der Waals surface area (Å²) in [6.45, 7) is 3.83. The van der Waals surface area contributed by atoms with Gasteiger partial charge in [0.1, 0.15) is 17.1 Å². The molecule has 0 aromatic carbocycles. The minimum Gasteiger partial charge on any atom is -0.351 e.